The zero-order chi connectivity index (χ0) is 14.3. The van der Waals surface area contributed by atoms with Crippen LogP contribution in [0.5, 0.6) is 0 Å². The van der Waals surface area contributed by atoms with E-state index in [-0.39, 0.29) is 0 Å². The zero-order valence-electron chi connectivity index (χ0n) is 12.4. The van der Waals surface area contributed by atoms with E-state index in [9.17, 15) is 5.26 Å². The molecule has 102 valence electrons. The standard InChI is InChI=1S/C18H25N/c1-5-9-16(4)12-13-18(14-19,15(2)3)17-10-7-6-8-11-17/h6-8,10-11,15H,4-5,9,12-13H2,1-3H3. The van der Waals surface area contributed by atoms with E-state index >= 15 is 0 Å². The van der Waals surface area contributed by atoms with E-state index in [1.54, 1.807) is 0 Å². The van der Waals surface area contributed by atoms with E-state index in [1.165, 1.54) is 5.57 Å². The van der Waals surface area contributed by atoms with Crippen molar-refractivity contribution in [1.82, 2.24) is 0 Å². The summed E-state index contributed by atoms with van der Waals surface area (Å²) in [7, 11) is 0. The van der Waals surface area contributed by atoms with Gasteiger partial charge in [0.05, 0.1) is 11.5 Å². The van der Waals surface area contributed by atoms with Crippen molar-refractivity contribution < 1.29 is 0 Å². The summed E-state index contributed by atoms with van der Waals surface area (Å²) in [6.07, 6.45) is 4.00. The molecule has 0 bridgehead atoms. The minimum absolute atomic E-state index is 0.300. The molecule has 0 aliphatic heterocycles. The van der Waals surface area contributed by atoms with E-state index in [2.05, 4.69) is 45.6 Å². The smallest absolute Gasteiger partial charge is 0.0848 e. The second-order valence-electron chi connectivity index (χ2n) is 5.60. The molecule has 1 rings (SSSR count). The molecule has 1 nitrogen and oxygen atoms in total. The van der Waals surface area contributed by atoms with E-state index in [4.69, 9.17) is 0 Å². The highest BCUT2D eigenvalue weighted by molar-refractivity contribution is 5.33. The van der Waals surface area contributed by atoms with Crippen molar-refractivity contribution in [1.29, 1.82) is 5.26 Å². The Morgan fingerprint density at radius 3 is 2.37 bits per heavy atom. The van der Waals surface area contributed by atoms with Crippen LogP contribution in [0.15, 0.2) is 42.5 Å². The van der Waals surface area contributed by atoms with Gasteiger partial charge < -0.3 is 0 Å². The van der Waals surface area contributed by atoms with Crippen LogP contribution in [0, 0.1) is 17.2 Å². The summed E-state index contributed by atoms with van der Waals surface area (Å²) in [5, 5.41) is 9.76. The summed E-state index contributed by atoms with van der Waals surface area (Å²) in [4.78, 5) is 0. The van der Waals surface area contributed by atoms with Crippen molar-refractivity contribution in [2.45, 2.75) is 51.9 Å². The molecule has 0 saturated heterocycles. The zero-order valence-corrected chi connectivity index (χ0v) is 12.4. The summed E-state index contributed by atoms with van der Waals surface area (Å²) >= 11 is 0. The predicted molar refractivity (Wildman–Crippen MR) is 81.9 cm³/mol. The molecular formula is C18H25N. The number of nitrogens with zero attached hydrogens (tertiary/aromatic N) is 1. The fourth-order valence-corrected chi connectivity index (χ4v) is 2.60. The summed E-state index contributed by atoms with van der Waals surface area (Å²) in [6, 6.07) is 12.8. The van der Waals surface area contributed by atoms with Crippen molar-refractivity contribution in [3.63, 3.8) is 0 Å². The number of rotatable bonds is 7. The van der Waals surface area contributed by atoms with Crippen molar-refractivity contribution in [2.75, 3.05) is 0 Å². The van der Waals surface area contributed by atoms with Gasteiger partial charge in [0.1, 0.15) is 0 Å². The molecule has 1 heteroatoms. The van der Waals surface area contributed by atoms with Gasteiger partial charge in [-0.1, -0.05) is 69.7 Å². The maximum Gasteiger partial charge on any atom is 0.0848 e. The molecule has 0 saturated carbocycles. The summed E-state index contributed by atoms with van der Waals surface area (Å²) in [5.74, 6) is 0.300. The monoisotopic (exact) mass is 255 g/mol. The van der Waals surface area contributed by atoms with Gasteiger partial charge in [0, 0.05) is 0 Å². The van der Waals surface area contributed by atoms with Gasteiger partial charge in [0.15, 0.2) is 0 Å². The van der Waals surface area contributed by atoms with Gasteiger partial charge in [-0.25, -0.2) is 0 Å². The lowest BCUT2D eigenvalue weighted by molar-refractivity contribution is 0.367. The molecule has 0 aliphatic rings. The summed E-state index contributed by atoms with van der Waals surface area (Å²) < 4.78 is 0. The maximum atomic E-state index is 9.76. The SMILES string of the molecule is C=C(CCC)CCC(C#N)(c1ccccc1)C(C)C. The predicted octanol–water partition coefficient (Wildman–Crippen LogP) is 5.24. The molecule has 1 aromatic carbocycles. The highest BCUT2D eigenvalue weighted by Gasteiger charge is 2.35. The first-order valence-electron chi connectivity index (χ1n) is 7.20. The molecule has 19 heavy (non-hydrogen) atoms. The second kappa shape index (κ2) is 7.14. The molecule has 0 heterocycles. The molecule has 0 aliphatic carbocycles. The van der Waals surface area contributed by atoms with Crippen LogP contribution < -0.4 is 0 Å². The molecule has 0 fully saturated rings. The van der Waals surface area contributed by atoms with Crippen molar-refractivity contribution >= 4 is 0 Å². The van der Waals surface area contributed by atoms with Gasteiger partial charge in [0.2, 0.25) is 0 Å². The van der Waals surface area contributed by atoms with Gasteiger partial charge in [-0.15, -0.1) is 0 Å². The van der Waals surface area contributed by atoms with Crippen LogP contribution in [0.25, 0.3) is 0 Å². The third-order valence-corrected chi connectivity index (χ3v) is 3.95. The Balaban J connectivity index is 2.96. The first kappa shape index (κ1) is 15.5. The Kier molecular flexibility index (Phi) is 5.83. The molecule has 0 amide bonds. The Bertz CT molecular complexity index is 439. The fraction of sp³-hybridized carbons (Fsp3) is 0.500. The number of benzene rings is 1. The number of hydrogen-bond acceptors (Lipinski definition) is 1. The molecule has 0 N–H and O–H groups in total. The molecular weight excluding hydrogens is 230 g/mol. The Labute approximate surface area is 118 Å². The van der Waals surface area contributed by atoms with Crippen LogP contribution >= 0.6 is 0 Å². The number of nitriles is 1. The Morgan fingerprint density at radius 1 is 1.26 bits per heavy atom. The topological polar surface area (TPSA) is 23.8 Å². The lowest BCUT2D eigenvalue weighted by atomic mass is 9.69. The van der Waals surface area contributed by atoms with Crippen molar-refractivity contribution in [2.24, 2.45) is 5.92 Å². The lowest BCUT2D eigenvalue weighted by Crippen LogP contribution is -2.30. The molecule has 1 aromatic rings. The Hall–Kier alpha value is -1.55. The van der Waals surface area contributed by atoms with Crippen molar-refractivity contribution in [3.8, 4) is 6.07 Å². The number of hydrogen-bond donors (Lipinski definition) is 0. The molecule has 0 radical (unpaired) electrons. The van der Waals surface area contributed by atoms with E-state index < -0.39 is 5.41 Å². The third kappa shape index (κ3) is 3.70. The first-order valence-corrected chi connectivity index (χ1v) is 7.20. The van der Waals surface area contributed by atoms with Crippen LogP contribution in [-0.4, -0.2) is 0 Å². The highest BCUT2D eigenvalue weighted by atomic mass is 14.4. The van der Waals surface area contributed by atoms with Crippen LogP contribution in [0.4, 0.5) is 0 Å². The minimum Gasteiger partial charge on any atom is -0.197 e. The van der Waals surface area contributed by atoms with Crippen LogP contribution in [0.2, 0.25) is 0 Å². The first-order chi connectivity index (χ1) is 9.06. The normalized spacial score (nSPS) is 13.8. The number of allylic oxidation sites excluding steroid dienone is 1. The molecule has 1 unspecified atom stereocenters. The summed E-state index contributed by atoms with van der Waals surface area (Å²) in [5.41, 5.74) is 2.01. The summed E-state index contributed by atoms with van der Waals surface area (Å²) in [6.45, 7) is 10.6. The third-order valence-electron chi connectivity index (χ3n) is 3.95. The second-order valence-corrected chi connectivity index (χ2v) is 5.60. The minimum atomic E-state index is -0.391. The van der Waals surface area contributed by atoms with Crippen LogP contribution in [0.1, 0.15) is 52.0 Å². The van der Waals surface area contributed by atoms with Gasteiger partial charge in [-0.3, -0.25) is 0 Å². The van der Waals surface area contributed by atoms with Gasteiger partial charge >= 0.3 is 0 Å². The van der Waals surface area contributed by atoms with Gasteiger partial charge in [-0.05, 0) is 30.7 Å². The van der Waals surface area contributed by atoms with Crippen LogP contribution in [0.3, 0.4) is 0 Å². The molecule has 1 atom stereocenters. The highest BCUT2D eigenvalue weighted by Crippen LogP contribution is 2.37. The van der Waals surface area contributed by atoms with Gasteiger partial charge in [-0.2, -0.15) is 5.26 Å². The lowest BCUT2D eigenvalue weighted by Gasteiger charge is -2.31. The average molecular weight is 255 g/mol. The Morgan fingerprint density at radius 2 is 1.89 bits per heavy atom. The van der Waals surface area contributed by atoms with E-state index in [0.717, 1.165) is 31.2 Å². The van der Waals surface area contributed by atoms with Gasteiger partial charge in [0.25, 0.3) is 0 Å². The average Bonchev–Trinajstić information content (AvgIpc) is 2.41. The molecule has 0 aromatic heterocycles. The maximum absolute atomic E-state index is 9.76. The fourth-order valence-electron chi connectivity index (χ4n) is 2.60. The van der Waals surface area contributed by atoms with Crippen molar-refractivity contribution in [3.05, 3.63) is 48.0 Å². The largest absolute Gasteiger partial charge is 0.197 e. The quantitative estimate of drug-likeness (QED) is 0.611. The van der Waals surface area contributed by atoms with Crippen LogP contribution in [-0.2, 0) is 5.41 Å². The van der Waals surface area contributed by atoms with E-state index in [0.29, 0.717) is 5.92 Å². The van der Waals surface area contributed by atoms with E-state index in [1.807, 2.05) is 18.2 Å². The molecule has 0 spiro atoms.